The molecule has 0 aliphatic heterocycles. The molecule has 0 heterocycles. The molecule has 2 aromatic carbocycles. The molecule has 5 heteroatoms. The maximum atomic E-state index is 13.1. The zero-order valence-corrected chi connectivity index (χ0v) is 10.9. The molecule has 1 amide bonds. The van der Waals surface area contributed by atoms with E-state index in [1.807, 2.05) is 0 Å². The number of hydrogen-bond donors (Lipinski definition) is 2. The fraction of sp³-hybridized carbons (Fsp3) is 0.0625. The van der Waals surface area contributed by atoms with E-state index < -0.39 is 17.5 Å². The minimum Gasteiger partial charge on any atom is -0.384 e. The van der Waals surface area contributed by atoms with Crippen molar-refractivity contribution in [3.8, 4) is 11.8 Å². The summed E-state index contributed by atoms with van der Waals surface area (Å²) < 4.78 is 26.1. The molecular weight excluding hydrogens is 276 g/mol. The summed E-state index contributed by atoms with van der Waals surface area (Å²) in [7, 11) is 0. The maximum Gasteiger partial charge on any atom is 0.255 e. The lowest BCUT2D eigenvalue weighted by Crippen LogP contribution is -2.12. The molecular formula is C16H11F2NO2. The Bertz CT molecular complexity index is 712. The Kier molecular flexibility index (Phi) is 4.64. The summed E-state index contributed by atoms with van der Waals surface area (Å²) in [5.41, 5.74) is 0.885. The van der Waals surface area contributed by atoms with Gasteiger partial charge in [-0.15, -0.1) is 0 Å². The van der Waals surface area contributed by atoms with E-state index in [9.17, 15) is 13.6 Å². The third kappa shape index (κ3) is 4.13. The predicted molar refractivity (Wildman–Crippen MR) is 74.7 cm³/mol. The van der Waals surface area contributed by atoms with Crippen LogP contribution in [0.2, 0.25) is 0 Å². The highest BCUT2D eigenvalue weighted by atomic mass is 19.1. The van der Waals surface area contributed by atoms with Gasteiger partial charge in [0.1, 0.15) is 18.2 Å². The highest BCUT2D eigenvalue weighted by Gasteiger charge is 2.08. The molecule has 2 N–H and O–H groups in total. The van der Waals surface area contributed by atoms with E-state index in [0.717, 1.165) is 18.2 Å². The number of hydrogen-bond acceptors (Lipinski definition) is 2. The molecule has 0 atom stereocenters. The Morgan fingerprint density at radius 3 is 2.52 bits per heavy atom. The second-order valence-corrected chi connectivity index (χ2v) is 4.15. The third-order valence-electron chi connectivity index (χ3n) is 2.56. The molecule has 106 valence electrons. The van der Waals surface area contributed by atoms with Crippen LogP contribution in [-0.4, -0.2) is 17.6 Å². The van der Waals surface area contributed by atoms with Gasteiger partial charge in [0.2, 0.25) is 0 Å². The second kappa shape index (κ2) is 6.64. The van der Waals surface area contributed by atoms with E-state index in [4.69, 9.17) is 5.11 Å². The van der Waals surface area contributed by atoms with E-state index in [0.29, 0.717) is 11.1 Å². The molecule has 0 aromatic heterocycles. The number of carbonyl (C=O) groups is 1. The van der Waals surface area contributed by atoms with E-state index in [1.165, 1.54) is 6.07 Å². The number of aliphatic hydroxyl groups excluding tert-OH is 1. The smallest absolute Gasteiger partial charge is 0.255 e. The van der Waals surface area contributed by atoms with Crippen LogP contribution in [0.1, 0.15) is 15.9 Å². The first-order valence-electron chi connectivity index (χ1n) is 6.06. The van der Waals surface area contributed by atoms with Gasteiger partial charge >= 0.3 is 0 Å². The van der Waals surface area contributed by atoms with Crippen molar-refractivity contribution in [3.63, 3.8) is 0 Å². The monoisotopic (exact) mass is 287 g/mol. The van der Waals surface area contributed by atoms with Crippen LogP contribution in [0.15, 0.2) is 42.5 Å². The van der Waals surface area contributed by atoms with Crippen LogP contribution in [0.5, 0.6) is 0 Å². The first kappa shape index (κ1) is 14.7. The molecule has 0 aliphatic rings. The molecule has 2 rings (SSSR count). The maximum absolute atomic E-state index is 13.1. The normalized spacial score (nSPS) is 9.67. The second-order valence-electron chi connectivity index (χ2n) is 4.15. The third-order valence-corrected chi connectivity index (χ3v) is 2.56. The standard InChI is InChI=1S/C16H11F2NO2/c17-13-8-14(18)10-15(9-13)19-16(21)12-5-1-3-11(7-12)4-2-6-20/h1,3,5,7-10,20H,6H2,(H,19,21). The largest absolute Gasteiger partial charge is 0.384 e. The Hall–Kier alpha value is -2.71. The first-order chi connectivity index (χ1) is 10.1. The van der Waals surface area contributed by atoms with Crippen LogP contribution in [0.3, 0.4) is 0 Å². The highest BCUT2D eigenvalue weighted by molar-refractivity contribution is 6.04. The van der Waals surface area contributed by atoms with Gasteiger partial charge in [-0.3, -0.25) is 4.79 Å². The number of carbonyl (C=O) groups excluding carboxylic acids is 1. The van der Waals surface area contributed by atoms with Crippen molar-refractivity contribution in [2.24, 2.45) is 0 Å². The van der Waals surface area contributed by atoms with Gasteiger partial charge in [-0.05, 0) is 30.3 Å². The molecule has 0 fully saturated rings. The Morgan fingerprint density at radius 2 is 1.86 bits per heavy atom. The zero-order valence-electron chi connectivity index (χ0n) is 10.9. The zero-order chi connectivity index (χ0) is 15.2. The van der Waals surface area contributed by atoms with Gasteiger partial charge in [0.15, 0.2) is 0 Å². The predicted octanol–water partition coefficient (Wildman–Crippen LogP) is 2.56. The minimum absolute atomic E-state index is 0.0318. The van der Waals surface area contributed by atoms with E-state index in [2.05, 4.69) is 17.2 Å². The van der Waals surface area contributed by atoms with Crippen molar-refractivity contribution in [2.75, 3.05) is 11.9 Å². The molecule has 3 nitrogen and oxygen atoms in total. The fourth-order valence-electron chi connectivity index (χ4n) is 1.71. The lowest BCUT2D eigenvalue weighted by atomic mass is 10.1. The number of amides is 1. The van der Waals surface area contributed by atoms with Crippen LogP contribution in [0, 0.1) is 23.5 Å². The number of nitrogens with one attached hydrogen (secondary N) is 1. The van der Waals surface area contributed by atoms with Gasteiger partial charge in [0.05, 0.1) is 0 Å². The van der Waals surface area contributed by atoms with Gasteiger partial charge in [-0.2, -0.15) is 0 Å². The number of benzene rings is 2. The van der Waals surface area contributed by atoms with Gasteiger partial charge in [-0.25, -0.2) is 8.78 Å². The van der Waals surface area contributed by atoms with Crippen LogP contribution in [-0.2, 0) is 0 Å². The van der Waals surface area contributed by atoms with Gasteiger partial charge in [-0.1, -0.05) is 17.9 Å². The Labute approximate surface area is 120 Å². The number of halogens is 2. The van der Waals surface area contributed by atoms with Crippen LogP contribution < -0.4 is 5.32 Å². The van der Waals surface area contributed by atoms with E-state index >= 15 is 0 Å². The van der Waals surface area contributed by atoms with Gasteiger partial charge in [0, 0.05) is 22.9 Å². The summed E-state index contributed by atoms with van der Waals surface area (Å²) in [4.78, 5) is 12.0. The van der Waals surface area contributed by atoms with Crippen molar-refractivity contribution in [1.82, 2.24) is 0 Å². The van der Waals surface area contributed by atoms with Crippen molar-refractivity contribution in [3.05, 3.63) is 65.2 Å². The lowest BCUT2D eigenvalue weighted by Gasteiger charge is -2.06. The van der Waals surface area contributed by atoms with Crippen molar-refractivity contribution in [1.29, 1.82) is 0 Å². The Morgan fingerprint density at radius 1 is 1.14 bits per heavy atom. The molecule has 0 bridgehead atoms. The summed E-state index contributed by atoms with van der Waals surface area (Å²) in [6.07, 6.45) is 0. The average molecular weight is 287 g/mol. The van der Waals surface area contributed by atoms with Crippen molar-refractivity contribution >= 4 is 11.6 Å². The van der Waals surface area contributed by atoms with Gasteiger partial charge < -0.3 is 10.4 Å². The summed E-state index contributed by atoms with van der Waals surface area (Å²) in [5, 5.41) is 11.0. The lowest BCUT2D eigenvalue weighted by molar-refractivity contribution is 0.102. The average Bonchev–Trinajstić information content (AvgIpc) is 2.44. The Balaban J connectivity index is 2.20. The number of rotatable bonds is 2. The molecule has 0 aliphatic carbocycles. The quantitative estimate of drug-likeness (QED) is 0.834. The summed E-state index contributed by atoms with van der Waals surface area (Å²) >= 11 is 0. The van der Waals surface area contributed by atoms with Crippen molar-refractivity contribution < 1.29 is 18.7 Å². The molecule has 21 heavy (non-hydrogen) atoms. The van der Waals surface area contributed by atoms with Crippen LogP contribution in [0.4, 0.5) is 14.5 Å². The van der Waals surface area contributed by atoms with Crippen LogP contribution in [0.25, 0.3) is 0 Å². The highest BCUT2D eigenvalue weighted by Crippen LogP contribution is 2.14. The topological polar surface area (TPSA) is 49.3 Å². The van der Waals surface area contributed by atoms with Crippen LogP contribution >= 0.6 is 0 Å². The van der Waals surface area contributed by atoms with E-state index in [-0.39, 0.29) is 12.3 Å². The molecule has 0 unspecified atom stereocenters. The SMILES string of the molecule is O=C(Nc1cc(F)cc(F)c1)c1cccc(C#CCO)c1. The van der Waals surface area contributed by atoms with Crippen molar-refractivity contribution in [2.45, 2.75) is 0 Å². The molecule has 0 saturated heterocycles. The molecule has 0 saturated carbocycles. The molecule has 2 aromatic rings. The summed E-state index contributed by atoms with van der Waals surface area (Å²) in [5.74, 6) is 3.09. The minimum atomic E-state index is -0.770. The number of aliphatic hydroxyl groups is 1. The fourth-order valence-corrected chi connectivity index (χ4v) is 1.71. The number of anilines is 1. The summed E-state index contributed by atoms with van der Waals surface area (Å²) in [6, 6.07) is 9.15. The molecule has 0 spiro atoms. The van der Waals surface area contributed by atoms with E-state index in [1.54, 1.807) is 18.2 Å². The summed E-state index contributed by atoms with van der Waals surface area (Å²) in [6.45, 7) is -0.279. The van der Waals surface area contributed by atoms with Gasteiger partial charge in [0.25, 0.3) is 5.91 Å². The molecule has 0 radical (unpaired) electrons. The first-order valence-corrected chi connectivity index (χ1v) is 6.06.